The van der Waals surface area contributed by atoms with E-state index in [9.17, 15) is 14.7 Å². The van der Waals surface area contributed by atoms with Crippen molar-refractivity contribution in [1.82, 2.24) is 0 Å². The molecule has 0 aromatic carbocycles. The summed E-state index contributed by atoms with van der Waals surface area (Å²) in [4.78, 5) is 26.7. The van der Waals surface area contributed by atoms with E-state index in [-0.39, 0.29) is 35.6 Å². The molecule has 4 aliphatic rings. The third kappa shape index (κ3) is 2.79. The van der Waals surface area contributed by atoms with Gasteiger partial charge in [0.2, 0.25) is 0 Å². The highest BCUT2D eigenvalue weighted by Crippen LogP contribution is 2.59. The van der Waals surface area contributed by atoms with E-state index in [0.717, 1.165) is 31.3 Å². The first kappa shape index (κ1) is 21.0. The summed E-state index contributed by atoms with van der Waals surface area (Å²) in [6.45, 7) is 14.2. The molecule has 0 aromatic rings. The average Bonchev–Trinajstić information content (AvgIpc) is 2.86. The molecule has 1 N–H and O–H groups in total. The Morgan fingerprint density at radius 2 is 1.83 bits per heavy atom. The number of Topliss-reactive ketones (excluding diaryl/α,β-unsaturated/α-hetero) is 1. The van der Waals surface area contributed by atoms with Crippen LogP contribution < -0.4 is 0 Å². The van der Waals surface area contributed by atoms with Gasteiger partial charge in [-0.3, -0.25) is 9.59 Å². The summed E-state index contributed by atoms with van der Waals surface area (Å²) in [7, 11) is 0. The van der Waals surface area contributed by atoms with Crippen LogP contribution in [0.25, 0.3) is 0 Å². The van der Waals surface area contributed by atoms with Gasteiger partial charge < -0.3 is 14.6 Å². The Bertz CT molecular complexity index is 731. The van der Waals surface area contributed by atoms with Gasteiger partial charge in [-0.15, -0.1) is 0 Å². The standard InChI is InChI=1S/C24H36O5/c1-12-8-7-9-17-18(25)15(4)14(3)11-24(17)21-23(6,22(27)29-24)20(26)16(5)19(28-21)13(2)10-12/h12-14,16-19,21,25H,4,7-11H2,1-3,5-6H3/t12-,13-,14+,16+,17+,18?,19-,21-,23+,24+/m1/s1. The van der Waals surface area contributed by atoms with Gasteiger partial charge in [0.25, 0.3) is 0 Å². The second-order valence-corrected chi connectivity index (χ2v) is 10.7. The minimum atomic E-state index is -1.30. The van der Waals surface area contributed by atoms with Crippen molar-refractivity contribution in [3.05, 3.63) is 12.2 Å². The number of aliphatic hydroxyl groups excluding tert-OH is 1. The summed E-state index contributed by atoms with van der Waals surface area (Å²) < 4.78 is 12.9. The van der Waals surface area contributed by atoms with Gasteiger partial charge in [0.15, 0.2) is 11.2 Å². The maximum Gasteiger partial charge on any atom is 0.322 e. The van der Waals surface area contributed by atoms with Gasteiger partial charge in [-0.25, -0.2) is 0 Å². The van der Waals surface area contributed by atoms with Crippen molar-refractivity contribution in [2.45, 2.75) is 90.6 Å². The Labute approximate surface area is 174 Å². The van der Waals surface area contributed by atoms with Crippen LogP contribution in [0.5, 0.6) is 0 Å². The number of carbonyl (C=O) groups is 2. The summed E-state index contributed by atoms with van der Waals surface area (Å²) in [6, 6.07) is 0. The number of aliphatic hydroxyl groups is 1. The SMILES string of the molecule is C=C1C(O)[C@@H]2CCC[C@@H](C)C[C@@H](C)[C@H]3O[C@@H]4[C@@](C)(C(=O)O[C@]42C[C@@H]1C)C(=O)[C@H]3C. The molecule has 10 atom stereocenters. The fraction of sp³-hybridized carbons (Fsp3) is 0.833. The summed E-state index contributed by atoms with van der Waals surface area (Å²) in [6.07, 6.45) is 2.65. The van der Waals surface area contributed by atoms with Crippen LogP contribution in [0.3, 0.4) is 0 Å². The first-order valence-corrected chi connectivity index (χ1v) is 11.3. The molecule has 1 saturated carbocycles. The molecule has 3 aliphatic heterocycles. The predicted octanol–water partition coefficient (Wildman–Crippen LogP) is 3.68. The molecule has 0 aromatic heterocycles. The monoisotopic (exact) mass is 404 g/mol. The zero-order valence-corrected chi connectivity index (χ0v) is 18.4. The number of fused-ring (bicyclic) bond motifs is 1. The predicted molar refractivity (Wildman–Crippen MR) is 109 cm³/mol. The Morgan fingerprint density at radius 3 is 2.52 bits per heavy atom. The van der Waals surface area contributed by atoms with Gasteiger partial charge in [-0.2, -0.15) is 0 Å². The molecular weight excluding hydrogens is 368 g/mol. The summed E-state index contributed by atoms with van der Waals surface area (Å²) in [5.74, 6) is -0.445. The first-order chi connectivity index (χ1) is 13.5. The van der Waals surface area contributed by atoms with E-state index >= 15 is 0 Å². The quantitative estimate of drug-likeness (QED) is 0.379. The van der Waals surface area contributed by atoms with E-state index in [0.29, 0.717) is 12.3 Å². The Kier molecular flexibility index (Phi) is 5.02. The van der Waals surface area contributed by atoms with Crippen molar-refractivity contribution in [1.29, 1.82) is 0 Å². The van der Waals surface area contributed by atoms with E-state index in [1.807, 2.05) is 13.8 Å². The highest BCUT2D eigenvalue weighted by molar-refractivity contribution is 6.07. The van der Waals surface area contributed by atoms with Crippen LogP contribution in [0, 0.1) is 35.0 Å². The fourth-order valence-corrected chi connectivity index (χ4v) is 6.90. The molecule has 5 nitrogen and oxygen atoms in total. The van der Waals surface area contributed by atoms with Crippen molar-refractivity contribution in [2.24, 2.45) is 35.0 Å². The molecule has 0 amide bonds. The average molecular weight is 405 g/mol. The molecule has 3 heterocycles. The molecule has 3 saturated heterocycles. The third-order valence-corrected chi connectivity index (χ3v) is 8.58. The van der Waals surface area contributed by atoms with Crippen molar-refractivity contribution < 1.29 is 24.2 Å². The number of carbonyl (C=O) groups excluding carboxylic acids is 2. The van der Waals surface area contributed by atoms with E-state index in [2.05, 4.69) is 20.4 Å². The molecule has 4 fully saturated rings. The Morgan fingerprint density at radius 1 is 1.14 bits per heavy atom. The van der Waals surface area contributed by atoms with Gasteiger partial charge in [0, 0.05) is 11.8 Å². The zero-order chi connectivity index (χ0) is 21.3. The van der Waals surface area contributed by atoms with Gasteiger partial charge in [-0.1, -0.05) is 47.1 Å². The first-order valence-electron chi connectivity index (χ1n) is 11.3. The normalized spacial score (nSPS) is 53.1. The molecule has 29 heavy (non-hydrogen) atoms. The summed E-state index contributed by atoms with van der Waals surface area (Å²) in [5.41, 5.74) is -1.47. The largest absolute Gasteiger partial charge is 0.455 e. The lowest BCUT2D eigenvalue weighted by Gasteiger charge is -2.52. The molecule has 1 unspecified atom stereocenters. The number of ketones is 1. The number of esters is 1. The van der Waals surface area contributed by atoms with E-state index in [1.165, 1.54) is 0 Å². The highest BCUT2D eigenvalue weighted by Gasteiger charge is 2.74. The lowest BCUT2D eigenvalue weighted by atomic mass is 9.58. The van der Waals surface area contributed by atoms with Crippen molar-refractivity contribution in [3.63, 3.8) is 0 Å². The van der Waals surface area contributed by atoms with Crippen molar-refractivity contribution in [2.75, 3.05) is 0 Å². The van der Waals surface area contributed by atoms with Gasteiger partial charge in [-0.05, 0) is 49.5 Å². The van der Waals surface area contributed by atoms with Crippen LogP contribution >= 0.6 is 0 Å². The number of hydrogen-bond acceptors (Lipinski definition) is 5. The highest BCUT2D eigenvalue weighted by atomic mass is 16.6. The van der Waals surface area contributed by atoms with E-state index in [4.69, 9.17) is 9.47 Å². The maximum atomic E-state index is 13.5. The number of rotatable bonds is 0. The van der Waals surface area contributed by atoms with E-state index in [1.54, 1.807) is 6.92 Å². The molecule has 162 valence electrons. The fourth-order valence-electron chi connectivity index (χ4n) is 6.90. The molecule has 0 radical (unpaired) electrons. The Hall–Kier alpha value is -1.20. The molecule has 1 aliphatic carbocycles. The molecule has 1 spiro atoms. The number of hydrogen-bond donors (Lipinski definition) is 1. The second kappa shape index (κ2) is 6.91. The Balaban J connectivity index is 1.87. The third-order valence-electron chi connectivity index (χ3n) is 8.58. The van der Waals surface area contributed by atoms with Crippen LogP contribution in [0.2, 0.25) is 0 Å². The van der Waals surface area contributed by atoms with Gasteiger partial charge >= 0.3 is 5.97 Å². The smallest absolute Gasteiger partial charge is 0.322 e. The topological polar surface area (TPSA) is 72.8 Å². The van der Waals surface area contributed by atoms with Gasteiger partial charge in [0.1, 0.15) is 11.7 Å². The lowest BCUT2D eigenvalue weighted by molar-refractivity contribution is -0.213. The summed E-state index contributed by atoms with van der Waals surface area (Å²) in [5, 5.41) is 11.2. The second-order valence-electron chi connectivity index (χ2n) is 10.7. The molecule has 2 bridgehead atoms. The maximum absolute atomic E-state index is 13.5. The molecule has 5 heteroatoms. The van der Waals surface area contributed by atoms with Crippen LogP contribution in [0.15, 0.2) is 12.2 Å². The van der Waals surface area contributed by atoms with Crippen molar-refractivity contribution >= 4 is 11.8 Å². The number of ether oxygens (including phenoxy) is 2. The molecule has 4 rings (SSSR count). The van der Waals surface area contributed by atoms with Crippen molar-refractivity contribution in [3.8, 4) is 0 Å². The van der Waals surface area contributed by atoms with E-state index < -0.39 is 29.2 Å². The molecular formula is C24H36O5. The zero-order valence-electron chi connectivity index (χ0n) is 18.4. The lowest BCUT2D eigenvalue weighted by Crippen LogP contribution is -2.65. The van der Waals surface area contributed by atoms with Crippen LogP contribution in [-0.4, -0.2) is 40.8 Å². The minimum absolute atomic E-state index is 0.00521. The van der Waals surface area contributed by atoms with Gasteiger partial charge in [0.05, 0.1) is 12.2 Å². The minimum Gasteiger partial charge on any atom is -0.455 e. The van der Waals surface area contributed by atoms with Crippen LogP contribution in [-0.2, 0) is 19.1 Å². The summed E-state index contributed by atoms with van der Waals surface area (Å²) >= 11 is 0. The van der Waals surface area contributed by atoms with Crippen LogP contribution in [0.4, 0.5) is 0 Å². The van der Waals surface area contributed by atoms with Crippen LogP contribution in [0.1, 0.15) is 66.7 Å².